The van der Waals surface area contributed by atoms with Gasteiger partial charge < -0.3 is 14.9 Å². The molecule has 1 atom stereocenters. The highest BCUT2D eigenvalue weighted by Gasteiger charge is 2.08. The Morgan fingerprint density at radius 2 is 2.07 bits per heavy atom. The van der Waals surface area contributed by atoms with Crippen molar-refractivity contribution in [3.63, 3.8) is 0 Å². The third kappa shape index (κ3) is 3.01. The van der Waals surface area contributed by atoms with Crippen LogP contribution in [0.4, 0.5) is 0 Å². The van der Waals surface area contributed by atoms with Crippen LogP contribution >= 0.6 is 0 Å². The van der Waals surface area contributed by atoms with Crippen molar-refractivity contribution in [2.45, 2.75) is 18.9 Å². The summed E-state index contributed by atoms with van der Waals surface area (Å²) in [5, 5.41) is 18.2. The van der Waals surface area contributed by atoms with E-state index in [1.165, 1.54) is 0 Å². The summed E-state index contributed by atoms with van der Waals surface area (Å²) in [7, 11) is 1.61. The van der Waals surface area contributed by atoms with Crippen LogP contribution in [0.1, 0.15) is 12.0 Å². The molecule has 3 nitrogen and oxygen atoms in total. The molecule has 1 rings (SSSR count). The third-order valence-corrected chi connectivity index (χ3v) is 2.11. The van der Waals surface area contributed by atoms with Crippen molar-refractivity contribution in [3.05, 3.63) is 29.8 Å². The topological polar surface area (TPSA) is 49.7 Å². The number of hydrogen-bond acceptors (Lipinski definition) is 3. The minimum atomic E-state index is -0.503. The molecule has 0 fully saturated rings. The second-order valence-corrected chi connectivity index (χ2v) is 3.18. The number of rotatable bonds is 5. The average molecular weight is 196 g/mol. The lowest BCUT2D eigenvalue weighted by Crippen LogP contribution is -2.12. The van der Waals surface area contributed by atoms with E-state index in [4.69, 9.17) is 9.84 Å². The van der Waals surface area contributed by atoms with Gasteiger partial charge in [-0.15, -0.1) is 0 Å². The van der Waals surface area contributed by atoms with E-state index in [0.29, 0.717) is 12.8 Å². The van der Waals surface area contributed by atoms with Gasteiger partial charge in [-0.1, -0.05) is 18.2 Å². The van der Waals surface area contributed by atoms with E-state index < -0.39 is 6.10 Å². The lowest BCUT2D eigenvalue weighted by molar-refractivity contribution is 0.132. The Balaban J connectivity index is 2.65. The van der Waals surface area contributed by atoms with Gasteiger partial charge in [0.1, 0.15) is 5.75 Å². The van der Waals surface area contributed by atoms with Crippen LogP contribution in [-0.4, -0.2) is 30.0 Å². The molecule has 0 saturated heterocycles. The minimum absolute atomic E-state index is 0.0102. The second kappa shape index (κ2) is 5.62. The van der Waals surface area contributed by atoms with Gasteiger partial charge in [0.15, 0.2) is 0 Å². The molecule has 0 saturated carbocycles. The van der Waals surface area contributed by atoms with Gasteiger partial charge in [0.2, 0.25) is 0 Å². The summed E-state index contributed by atoms with van der Waals surface area (Å²) in [6.07, 6.45) is 0.416. The molecular formula is C11H16O3. The average Bonchev–Trinajstić information content (AvgIpc) is 2.19. The second-order valence-electron chi connectivity index (χ2n) is 3.18. The number of benzene rings is 1. The van der Waals surface area contributed by atoms with Crippen LogP contribution in [0, 0.1) is 0 Å². The molecular weight excluding hydrogens is 180 g/mol. The quantitative estimate of drug-likeness (QED) is 0.738. The Morgan fingerprint density at radius 1 is 1.36 bits per heavy atom. The van der Waals surface area contributed by atoms with E-state index in [0.717, 1.165) is 11.3 Å². The van der Waals surface area contributed by atoms with Crippen LogP contribution in [0.5, 0.6) is 5.75 Å². The van der Waals surface area contributed by atoms with Gasteiger partial charge in [-0.2, -0.15) is 0 Å². The largest absolute Gasteiger partial charge is 0.496 e. The van der Waals surface area contributed by atoms with Crippen molar-refractivity contribution < 1.29 is 14.9 Å². The highest BCUT2D eigenvalue weighted by atomic mass is 16.5. The smallest absolute Gasteiger partial charge is 0.122 e. The van der Waals surface area contributed by atoms with Crippen molar-refractivity contribution in [3.8, 4) is 5.75 Å². The number of para-hydroxylation sites is 1. The van der Waals surface area contributed by atoms with Gasteiger partial charge in [0.25, 0.3) is 0 Å². The first kappa shape index (κ1) is 11.0. The fraction of sp³-hybridized carbons (Fsp3) is 0.455. The van der Waals surface area contributed by atoms with Crippen LogP contribution in [-0.2, 0) is 6.42 Å². The standard InChI is InChI=1S/C11H16O3/c1-14-11-5-3-2-4-9(11)8-10(13)6-7-12/h2-5,10,12-13H,6-8H2,1H3. The summed E-state index contributed by atoms with van der Waals surface area (Å²) in [4.78, 5) is 0. The lowest BCUT2D eigenvalue weighted by Gasteiger charge is -2.11. The van der Waals surface area contributed by atoms with Gasteiger partial charge in [0.05, 0.1) is 13.2 Å². The molecule has 14 heavy (non-hydrogen) atoms. The van der Waals surface area contributed by atoms with Crippen LogP contribution in [0.25, 0.3) is 0 Å². The summed E-state index contributed by atoms with van der Waals surface area (Å²) >= 11 is 0. The predicted molar refractivity (Wildman–Crippen MR) is 54.4 cm³/mol. The van der Waals surface area contributed by atoms with Gasteiger partial charge in [0, 0.05) is 13.0 Å². The molecule has 78 valence electrons. The summed E-state index contributed by atoms with van der Waals surface area (Å²) in [5.41, 5.74) is 0.968. The first-order valence-corrected chi connectivity index (χ1v) is 4.68. The maximum atomic E-state index is 9.51. The van der Waals surface area contributed by atoms with E-state index in [1.54, 1.807) is 7.11 Å². The molecule has 0 aliphatic carbocycles. The zero-order valence-corrected chi connectivity index (χ0v) is 8.31. The molecule has 1 aromatic rings. The normalized spacial score (nSPS) is 12.5. The molecule has 3 heteroatoms. The molecule has 0 aliphatic heterocycles. The highest BCUT2D eigenvalue weighted by molar-refractivity contribution is 5.33. The highest BCUT2D eigenvalue weighted by Crippen LogP contribution is 2.19. The van der Waals surface area contributed by atoms with Gasteiger partial charge >= 0.3 is 0 Å². The van der Waals surface area contributed by atoms with Crippen LogP contribution in [0.2, 0.25) is 0 Å². The van der Waals surface area contributed by atoms with Crippen LogP contribution in [0.15, 0.2) is 24.3 Å². The van der Waals surface area contributed by atoms with E-state index in [9.17, 15) is 5.11 Å². The summed E-state index contributed by atoms with van der Waals surface area (Å²) in [6, 6.07) is 7.57. The fourth-order valence-electron chi connectivity index (χ4n) is 1.38. The van der Waals surface area contributed by atoms with Crippen LogP contribution in [0.3, 0.4) is 0 Å². The van der Waals surface area contributed by atoms with Gasteiger partial charge in [-0.3, -0.25) is 0 Å². The van der Waals surface area contributed by atoms with E-state index in [-0.39, 0.29) is 6.61 Å². The molecule has 2 N–H and O–H groups in total. The summed E-state index contributed by atoms with van der Waals surface area (Å²) < 4.78 is 5.15. The molecule has 0 aliphatic rings. The van der Waals surface area contributed by atoms with Gasteiger partial charge in [-0.25, -0.2) is 0 Å². The van der Waals surface area contributed by atoms with E-state index in [1.807, 2.05) is 24.3 Å². The Hall–Kier alpha value is -1.06. The van der Waals surface area contributed by atoms with Crippen molar-refractivity contribution in [2.24, 2.45) is 0 Å². The zero-order valence-electron chi connectivity index (χ0n) is 8.31. The number of ether oxygens (including phenoxy) is 1. The maximum Gasteiger partial charge on any atom is 0.122 e. The minimum Gasteiger partial charge on any atom is -0.496 e. The fourth-order valence-corrected chi connectivity index (χ4v) is 1.38. The molecule has 0 radical (unpaired) electrons. The number of methoxy groups -OCH3 is 1. The van der Waals surface area contributed by atoms with Crippen molar-refractivity contribution in [1.29, 1.82) is 0 Å². The van der Waals surface area contributed by atoms with Gasteiger partial charge in [-0.05, 0) is 18.1 Å². The first-order valence-electron chi connectivity index (χ1n) is 4.68. The first-order chi connectivity index (χ1) is 6.77. The molecule has 1 unspecified atom stereocenters. The molecule has 0 spiro atoms. The molecule has 0 bridgehead atoms. The van der Waals surface area contributed by atoms with Crippen molar-refractivity contribution in [2.75, 3.05) is 13.7 Å². The Labute approximate surface area is 84.0 Å². The van der Waals surface area contributed by atoms with E-state index >= 15 is 0 Å². The Morgan fingerprint density at radius 3 is 2.71 bits per heavy atom. The van der Waals surface area contributed by atoms with Crippen molar-refractivity contribution >= 4 is 0 Å². The molecule has 0 aromatic heterocycles. The Bertz CT molecular complexity index is 273. The summed E-state index contributed by atoms with van der Waals surface area (Å²) in [6.45, 7) is 0.0102. The van der Waals surface area contributed by atoms with Crippen LogP contribution < -0.4 is 4.74 Å². The van der Waals surface area contributed by atoms with Crippen molar-refractivity contribution in [1.82, 2.24) is 0 Å². The zero-order chi connectivity index (χ0) is 10.4. The SMILES string of the molecule is COc1ccccc1CC(O)CCO. The van der Waals surface area contributed by atoms with E-state index in [2.05, 4.69) is 0 Å². The lowest BCUT2D eigenvalue weighted by atomic mass is 10.1. The number of hydrogen-bond donors (Lipinski definition) is 2. The Kier molecular flexibility index (Phi) is 4.43. The summed E-state index contributed by atoms with van der Waals surface area (Å²) in [5.74, 6) is 0.782. The number of aliphatic hydroxyl groups excluding tert-OH is 2. The molecule has 0 heterocycles. The maximum absolute atomic E-state index is 9.51. The third-order valence-electron chi connectivity index (χ3n) is 2.11. The molecule has 1 aromatic carbocycles. The monoisotopic (exact) mass is 196 g/mol. The number of aliphatic hydroxyl groups is 2. The predicted octanol–water partition coefficient (Wildman–Crippen LogP) is 0.981. The molecule has 0 amide bonds.